The third kappa shape index (κ3) is 0.823. The van der Waals surface area contributed by atoms with E-state index in [0.29, 0.717) is 6.04 Å². The van der Waals surface area contributed by atoms with Gasteiger partial charge in [0.15, 0.2) is 0 Å². The van der Waals surface area contributed by atoms with E-state index in [4.69, 9.17) is 11.6 Å². The lowest BCUT2D eigenvalue weighted by atomic mass is 10.1. The summed E-state index contributed by atoms with van der Waals surface area (Å²) in [6, 6.07) is 0.481. The molecule has 0 aromatic rings. The van der Waals surface area contributed by atoms with Crippen LogP contribution in [-0.4, -0.2) is 22.9 Å². The molecular formula is C7H10ClNO. The summed E-state index contributed by atoms with van der Waals surface area (Å²) in [6.45, 7) is 0.910. The van der Waals surface area contributed by atoms with Crippen molar-refractivity contribution in [2.75, 3.05) is 6.54 Å². The van der Waals surface area contributed by atoms with Crippen molar-refractivity contribution < 1.29 is 4.79 Å². The predicted molar refractivity (Wildman–Crippen MR) is 39.1 cm³/mol. The van der Waals surface area contributed by atoms with E-state index in [1.165, 1.54) is 19.3 Å². The number of hydrogen-bond donors (Lipinski definition) is 0. The molecule has 1 amide bonds. The first kappa shape index (κ1) is 6.47. The zero-order valence-electron chi connectivity index (χ0n) is 5.72. The Morgan fingerprint density at radius 3 is 2.60 bits per heavy atom. The van der Waals surface area contributed by atoms with Crippen LogP contribution in [-0.2, 0) is 0 Å². The van der Waals surface area contributed by atoms with E-state index in [1.54, 1.807) is 4.90 Å². The Labute approximate surface area is 65.1 Å². The Kier molecular flexibility index (Phi) is 1.37. The summed E-state index contributed by atoms with van der Waals surface area (Å²) in [5, 5.41) is -0.257. The van der Waals surface area contributed by atoms with Gasteiger partial charge in [0.25, 0.3) is 0 Å². The minimum atomic E-state index is -0.257. The van der Waals surface area contributed by atoms with E-state index in [0.717, 1.165) is 12.5 Å². The number of amides is 1. The minimum Gasteiger partial charge on any atom is -0.326 e. The second-order valence-electron chi connectivity index (χ2n) is 3.24. The maximum atomic E-state index is 10.7. The van der Waals surface area contributed by atoms with Crippen LogP contribution in [0.15, 0.2) is 0 Å². The van der Waals surface area contributed by atoms with Crippen LogP contribution in [0.25, 0.3) is 0 Å². The Bertz CT molecular complexity index is 171. The zero-order valence-corrected chi connectivity index (χ0v) is 6.47. The third-order valence-electron chi connectivity index (χ3n) is 2.64. The quantitative estimate of drug-likeness (QED) is 0.390. The Balaban J connectivity index is 2.08. The fraction of sp³-hybridized carbons (Fsp3) is 0.857. The normalized spacial score (nSPS) is 37.1. The first-order chi connectivity index (χ1) is 4.77. The topological polar surface area (TPSA) is 20.3 Å². The molecule has 2 fully saturated rings. The number of rotatable bonds is 0. The average molecular weight is 160 g/mol. The van der Waals surface area contributed by atoms with Crippen molar-refractivity contribution in [3.05, 3.63) is 0 Å². The smallest absolute Gasteiger partial charge is 0.316 e. The molecule has 1 aliphatic heterocycles. The van der Waals surface area contributed by atoms with Crippen LogP contribution in [0.3, 0.4) is 0 Å². The fourth-order valence-electron chi connectivity index (χ4n) is 2.14. The lowest BCUT2D eigenvalue weighted by molar-refractivity contribution is 0.204. The van der Waals surface area contributed by atoms with E-state index in [9.17, 15) is 4.79 Å². The average Bonchev–Trinajstić information content (AvgIpc) is 2.44. The molecule has 0 aromatic heterocycles. The van der Waals surface area contributed by atoms with Gasteiger partial charge in [0.1, 0.15) is 0 Å². The molecule has 0 N–H and O–H groups in total. The van der Waals surface area contributed by atoms with E-state index < -0.39 is 0 Å². The van der Waals surface area contributed by atoms with Crippen molar-refractivity contribution in [1.82, 2.24) is 4.90 Å². The van der Waals surface area contributed by atoms with E-state index in [1.807, 2.05) is 0 Å². The number of nitrogens with zero attached hydrogens (tertiary/aromatic N) is 1. The standard InChI is InChI=1S/C7H10ClNO/c8-7(10)9-4-5-1-2-6(9)3-5/h5-6H,1-4H2. The second kappa shape index (κ2) is 2.12. The predicted octanol–water partition coefficient (Wildman–Crippen LogP) is 1.83. The first-order valence-corrected chi connectivity index (χ1v) is 4.11. The number of carbonyl (C=O) groups is 1. The molecule has 2 rings (SSSR count). The number of piperidine rings is 1. The van der Waals surface area contributed by atoms with Crippen LogP contribution in [0.2, 0.25) is 0 Å². The van der Waals surface area contributed by atoms with Crippen molar-refractivity contribution >= 4 is 17.0 Å². The number of fused-ring (bicyclic) bond motifs is 2. The summed E-state index contributed by atoms with van der Waals surface area (Å²) in [5.41, 5.74) is 0. The maximum Gasteiger partial charge on any atom is 0.316 e. The van der Waals surface area contributed by atoms with Crippen molar-refractivity contribution in [2.24, 2.45) is 5.92 Å². The van der Waals surface area contributed by atoms with Crippen LogP contribution < -0.4 is 0 Å². The maximum absolute atomic E-state index is 10.7. The van der Waals surface area contributed by atoms with Gasteiger partial charge >= 0.3 is 5.37 Å². The van der Waals surface area contributed by atoms with Crippen molar-refractivity contribution in [3.8, 4) is 0 Å². The van der Waals surface area contributed by atoms with Gasteiger partial charge < -0.3 is 4.90 Å². The van der Waals surface area contributed by atoms with Gasteiger partial charge in [0.2, 0.25) is 0 Å². The van der Waals surface area contributed by atoms with Crippen molar-refractivity contribution in [3.63, 3.8) is 0 Å². The molecular weight excluding hydrogens is 150 g/mol. The van der Waals surface area contributed by atoms with Gasteiger partial charge in [-0.3, -0.25) is 4.79 Å². The van der Waals surface area contributed by atoms with Gasteiger partial charge in [0.05, 0.1) is 0 Å². The summed E-state index contributed by atoms with van der Waals surface area (Å²) in [7, 11) is 0. The van der Waals surface area contributed by atoms with Crippen molar-refractivity contribution in [1.29, 1.82) is 0 Å². The minimum absolute atomic E-state index is 0.257. The molecule has 2 unspecified atom stereocenters. The summed E-state index contributed by atoms with van der Waals surface area (Å²) in [4.78, 5) is 12.5. The van der Waals surface area contributed by atoms with Gasteiger partial charge in [-0.05, 0) is 36.8 Å². The zero-order chi connectivity index (χ0) is 7.14. The molecule has 0 spiro atoms. The Morgan fingerprint density at radius 1 is 1.50 bits per heavy atom. The van der Waals surface area contributed by atoms with E-state index >= 15 is 0 Å². The van der Waals surface area contributed by atoms with Gasteiger partial charge in [-0.25, -0.2) is 0 Å². The van der Waals surface area contributed by atoms with Crippen LogP contribution >= 0.6 is 11.6 Å². The highest BCUT2D eigenvalue weighted by molar-refractivity contribution is 6.62. The molecule has 2 atom stereocenters. The lowest BCUT2D eigenvalue weighted by Gasteiger charge is -2.23. The van der Waals surface area contributed by atoms with Crippen molar-refractivity contribution in [2.45, 2.75) is 25.3 Å². The van der Waals surface area contributed by atoms with Gasteiger partial charge in [-0.15, -0.1) is 0 Å². The van der Waals surface area contributed by atoms with Gasteiger partial charge in [-0.2, -0.15) is 0 Å². The molecule has 1 saturated heterocycles. The molecule has 2 aliphatic rings. The van der Waals surface area contributed by atoms with Crippen LogP contribution in [0.5, 0.6) is 0 Å². The number of likely N-dealkylation sites (tertiary alicyclic amines) is 1. The summed E-state index contributed by atoms with van der Waals surface area (Å²) in [5.74, 6) is 0.757. The molecule has 1 heterocycles. The number of halogens is 1. The second-order valence-corrected chi connectivity index (χ2v) is 3.56. The van der Waals surface area contributed by atoms with Gasteiger partial charge in [0, 0.05) is 12.6 Å². The number of hydrogen-bond acceptors (Lipinski definition) is 1. The number of carbonyl (C=O) groups excluding carboxylic acids is 1. The van der Waals surface area contributed by atoms with Crippen LogP contribution in [0, 0.1) is 5.92 Å². The molecule has 0 aromatic carbocycles. The fourth-order valence-corrected chi connectivity index (χ4v) is 2.35. The summed E-state index contributed by atoms with van der Waals surface area (Å²) < 4.78 is 0. The molecule has 1 saturated carbocycles. The SMILES string of the molecule is O=C(Cl)N1CC2CCC1C2. The van der Waals surface area contributed by atoms with E-state index in [-0.39, 0.29) is 5.37 Å². The summed E-state index contributed by atoms with van der Waals surface area (Å²) >= 11 is 5.37. The first-order valence-electron chi connectivity index (χ1n) is 3.73. The highest BCUT2D eigenvalue weighted by atomic mass is 35.5. The highest BCUT2D eigenvalue weighted by Gasteiger charge is 2.39. The van der Waals surface area contributed by atoms with Crippen LogP contribution in [0.1, 0.15) is 19.3 Å². The van der Waals surface area contributed by atoms with Gasteiger partial charge in [-0.1, -0.05) is 0 Å². The Hall–Kier alpha value is -0.240. The lowest BCUT2D eigenvalue weighted by Crippen LogP contribution is -2.33. The largest absolute Gasteiger partial charge is 0.326 e. The molecule has 2 nitrogen and oxygen atoms in total. The Morgan fingerprint density at radius 2 is 2.30 bits per heavy atom. The highest BCUT2D eigenvalue weighted by Crippen LogP contribution is 2.37. The summed E-state index contributed by atoms with van der Waals surface area (Å²) in [6.07, 6.45) is 3.66. The monoisotopic (exact) mass is 159 g/mol. The molecule has 2 bridgehead atoms. The van der Waals surface area contributed by atoms with E-state index in [2.05, 4.69) is 0 Å². The third-order valence-corrected chi connectivity index (χ3v) is 2.85. The molecule has 1 aliphatic carbocycles. The molecule has 56 valence electrons. The molecule has 3 heteroatoms. The molecule has 0 radical (unpaired) electrons. The van der Waals surface area contributed by atoms with Crippen LogP contribution in [0.4, 0.5) is 4.79 Å². The molecule has 10 heavy (non-hydrogen) atoms.